The van der Waals surface area contributed by atoms with Crippen LogP contribution in [-0.4, -0.2) is 59.1 Å². The molecular formula is C21H30N2O5. The van der Waals surface area contributed by atoms with Crippen LogP contribution in [0.5, 0.6) is 0 Å². The van der Waals surface area contributed by atoms with Gasteiger partial charge >= 0.3 is 12.2 Å². The van der Waals surface area contributed by atoms with E-state index in [4.69, 9.17) is 9.47 Å². The highest BCUT2D eigenvalue weighted by atomic mass is 16.6. The van der Waals surface area contributed by atoms with E-state index in [2.05, 4.69) is 0 Å². The molecule has 1 aliphatic rings. The van der Waals surface area contributed by atoms with Gasteiger partial charge in [-0.1, -0.05) is 24.3 Å². The second-order valence-corrected chi connectivity index (χ2v) is 8.90. The van der Waals surface area contributed by atoms with E-state index in [1.54, 1.807) is 34.1 Å². The first-order valence-corrected chi connectivity index (χ1v) is 9.42. The molecule has 154 valence electrons. The number of carbonyl (C=O) groups is 3. The molecule has 1 aromatic carbocycles. The van der Waals surface area contributed by atoms with Gasteiger partial charge in [-0.2, -0.15) is 0 Å². The molecule has 1 heterocycles. The van der Waals surface area contributed by atoms with Crippen molar-refractivity contribution in [1.82, 2.24) is 9.80 Å². The van der Waals surface area contributed by atoms with Crippen molar-refractivity contribution in [2.24, 2.45) is 0 Å². The maximum Gasteiger partial charge on any atom is 0.410 e. The number of nitrogens with zero attached hydrogens (tertiary/aromatic N) is 2. The predicted octanol–water partition coefficient (Wildman–Crippen LogP) is 4.03. The normalized spacial score (nSPS) is 17.9. The van der Waals surface area contributed by atoms with E-state index >= 15 is 0 Å². The first-order valence-electron chi connectivity index (χ1n) is 9.42. The highest BCUT2D eigenvalue weighted by Crippen LogP contribution is 2.28. The first kappa shape index (κ1) is 21.7. The smallest absolute Gasteiger partial charge is 0.410 e. The summed E-state index contributed by atoms with van der Waals surface area (Å²) in [5.41, 5.74) is 0.156. The Hall–Kier alpha value is -2.57. The quantitative estimate of drug-likeness (QED) is 0.713. The summed E-state index contributed by atoms with van der Waals surface area (Å²) in [6, 6.07) is 6.59. The minimum Gasteiger partial charge on any atom is -0.444 e. The van der Waals surface area contributed by atoms with Crippen LogP contribution in [-0.2, 0) is 9.47 Å². The van der Waals surface area contributed by atoms with Gasteiger partial charge in [0.15, 0.2) is 0 Å². The van der Waals surface area contributed by atoms with Crippen molar-refractivity contribution in [2.75, 3.05) is 19.6 Å². The molecule has 1 aromatic rings. The molecule has 0 aromatic heterocycles. The van der Waals surface area contributed by atoms with Crippen molar-refractivity contribution in [1.29, 1.82) is 0 Å². The van der Waals surface area contributed by atoms with Crippen LogP contribution in [0.15, 0.2) is 24.3 Å². The lowest BCUT2D eigenvalue weighted by Gasteiger charge is -2.42. The van der Waals surface area contributed by atoms with E-state index in [9.17, 15) is 14.4 Å². The third-order valence-electron chi connectivity index (χ3n) is 4.12. The predicted molar refractivity (Wildman–Crippen MR) is 105 cm³/mol. The lowest BCUT2D eigenvalue weighted by Crippen LogP contribution is -2.54. The van der Waals surface area contributed by atoms with Crippen LogP contribution in [0.25, 0.3) is 0 Å². The summed E-state index contributed by atoms with van der Waals surface area (Å²) in [5, 5.41) is 0. The molecule has 0 aliphatic carbocycles. The molecule has 2 rings (SSSR count). The van der Waals surface area contributed by atoms with Gasteiger partial charge in [-0.05, 0) is 47.1 Å². The number of hydrogen-bond acceptors (Lipinski definition) is 5. The van der Waals surface area contributed by atoms with Crippen LogP contribution in [0.1, 0.15) is 63.5 Å². The lowest BCUT2D eigenvalue weighted by atomic mass is 10.0. The summed E-state index contributed by atoms with van der Waals surface area (Å²) in [5.74, 6) is 0. The van der Waals surface area contributed by atoms with E-state index in [0.717, 1.165) is 11.8 Å². The summed E-state index contributed by atoms with van der Waals surface area (Å²) in [7, 11) is 0. The molecule has 0 radical (unpaired) electrons. The summed E-state index contributed by atoms with van der Waals surface area (Å²) in [6.07, 6.45) is -0.0739. The minimum absolute atomic E-state index is 0.286. The standard InChI is InChI=1S/C21H30N2O5/c1-20(2,3)27-18(25)22-11-12-23(19(26)28-21(4,5)6)17(13-22)16-9-7-15(14-24)8-10-16/h7-10,14,17H,11-13H2,1-6H3/t17-/m1/s1. The maximum atomic E-state index is 12.7. The zero-order valence-corrected chi connectivity index (χ0v) is 17.5. The van der Waals surface area contributed by atoms with Crippen molar-refractivity contribution in [3.05, 3.63) is 35.4 Å². The van der Waals surface area contributed by atoms with Gasteiger partial charge in [0.2, 0.25) is 0 Å². The second-order valence-electron chi connectivity index (χ2n) is 8.90. The Morgan fingerprint density at radius 1 is 0.929 bits per heavy atom. The van der Waals surface area contributed by atoms with Crippen molar-refractivity contribution < 1.29 is 23.9 Å². The maximum absolute atomic E-state index is 12.7. The molecule has 0 unspecified atom stereocenters. The first-order chi connectivity index (χ1) is 12.9. The Labute approximate surface area is 166 Å². The monoisotopic (exact) mass is 390 g/mol. The average Bonchev–Trinajstić information content (AvgIpc) is 2.58. The van der Waals surface area contributed by atoms with Crippen molar-refractivity contribution in [2.45, 2.75) is 58.8 Å². The van der Waals surface area contributed by atoms with Gasteiger partial charge in [0, 0.05) is 25.2 Å². The average molecular weight is 390 g/mol. The van der Waals surface area contributed by atoms with E-state index in [1.165, 1.54) is 0 Å². The summed E-state index contributed by atoms with van der Waals surface area (Å²) >= 11 is 0. The molecule has 2 amide bonds. The molecule has 1 fully saturated rings. The van der Waals surface area contributed by atoms with Crippen molar-refractivity contribution in [3.8, 4) is 0 Å². The Bertz CT molecular complexity index is 716. The van der Waals surface area contributed by atoms with Crippen LogP contribution in [0, 0.1) is 0 Å². The fourth-order valence-electron chi connectivity index (χ4n) is 2.90. The van der Waals surface area contributed by atoms with E-state index in [0.29, 0.717) is 18.7 Å². The third-order valence-corrected chi connectivity index (χ3v) is 4.12. The summed E-state index contributed by atoms with van der Waals surface area (Å²) < 4.78 is 11.0. The molecule has 28 heavy (non-hydrogen) atoms. The number of amides is 2. The van der Waals surface area contributed by atoms with Gasteiger partial charge in [-0.3, -0.25) is 9.69 Å². The van der Waals surface area contributed by atoms with E-state index in [-0.39, 0.29) is 6.54 Å². The number of carbonyl (C=O) groups excluding carboxylic acids is 3. The highest BCUT2D eigenvalue weighted by molar-refractivity contribution is 5.75. The van der Waals surface area contributed by atoms with Gasteiger partial charge in [0.05, 0.1) is 6.04 Å². The summed E-state index contributed by atoms with van der Waals surface area (Å²) in [6.45, 7) is 11.9. The number of aldehydes is 1. The van der Waals surface area contributed by atoms with E-state index in [1.807, 2.05) is 41.5 Å². The fraction of sp³-hybridized carbons (Fsp3) is 0.571. The molecular weight excluding hydrogens is 360 g/mol. The van der Waals surface area contributed by atoms with Crippen LogP contribution in [0.3, 0.4) is 0 Å². The molecule has 0 saturated carbocycles. The molecule has 1 saturated heterocycles. The van der Waals surface area contributed by atoms with Gasteiger partial charge in [0.1, 0.15) is 17.5 Å². The van der Waals surface area contributed by atoms with Crippen LogP contribution < -0.4 is 0 Å². The molecule has 7 heteroatoms. The number of rotatable bonds is 2. The van der Waals surface area contributed by atoms with Gasteiger partial charge < -0.3 is 14.4 Å². The topological polar surface area (TPSA) is 76.2 Å². The van der Waals surface area contributed by atoms with Crippen LogP contribution in [0.2, 0.25) is 0 Å². The highest BCUT2D eigenvalue weighted by Gasteiger charge is 2.37. The number of ether oxygens (including phenoxy) is 2. The Morgan fingerprint density at radius 2 is 1.46 bits per heavy atom. The summed E-state index contributed by atoms with van der Waals surface area (Å²) in [4.78, 5) is 39.4. The van der Waals surface area contributed by atoms with Gasteiger partial charge in [-0.25, -0.2) is 9.59 Å². The van der Waals surface area contributed by atoms with Crippen LogP contribution in [0.4, 0.5) is 9.59 Å². The third kappa shape index (κ3) is 5.97. The number of benzene rings is 1. The SMILES string of the molecule is CC(C)(C)OC(=O)N1CCN(C(=O)OC(C)(C)C)[C@@H](c2ccc(C=O)cc2)C1. The zero-order chi connectivity index (χ0) is 21.1. The van der Waals surface area contributed by atoms with Crippen LogP contribution >= 0.6 is 0 Å². The molecule has 7 nitrogen and oxygen atoms in total. The molecule has 0 N–H and O–H groups in total. The van der Waals surface area contributed by atoms with Crippen molar-refractivity contribution >= 4 is 18.5 Å². The van der Waals surface area contributed by atoms with E-state index < -0.39 is 29.4 Å². The largest absolute Gasteiger partial charge is 0.444 e. The molecule has 1 atom stereocenters. The Balaban J connectivity index is 2.27. The number of piperazine rings is 1. The van der Waals surface area contributed by atoms with Gasteiger partial charge in [0.25, 0.3) is 0 Å². The van der Waals surface area contributed by atoms with Gasteiger partial charge in [-0.15, -0.1) is 0 Å². The Morgan fingerprint density at radius 3 is 1.96 bits per heavy atom. The lowest BCUT2D eigenvalue weighted by molar-refractivity contribution is -0.0152. The van der Waals surface area contributed by atoms with Crippen molar-refractivity contribution in [3.63, 3.8) is 0 Å². The molecule has 1 aliphatic heterocycles. The zero-order valence-electron chi connectivity index (χ0n) is 17.5. The molecule has 0 bridgehead atoms. The Kier molecular flexibility index (Phi) is 6.37. The second kappa shape index (κ2) is 8.20. The number of hydrogen-bond donors (Lipinski definition) is 0. The fourth-order valence-corrected chi connectivity index (χ4v) is 2.90. The minimum atomic E-state index is -0.620. The molecule has 0 spiro atoms.